The van der Waals surface area contributed by atoms with Crippen molar-refractivity contribution in [3.8, 4) is 5.75 Å². The Morgan fingerprint density at radius 3 is 2.87 bits per heavy atom. The molecular formula is C17H23N3O2S. The highest BCUT2D eigenvalue weighted by Gasteiger charge is 2.25. The molecule has 1 N–H and O–H groups in total. The molecule has 124 valence electrons. The number of fused-ring (bicyclic) bond motifs is 1. The maximum atomic E-state index is 12.6. The Bertz CT molecular complexity index is 692. The van der Waals surface area contributed by atoms with E-state index in [9.17, 15) is 4.79 Å². The number of H-pyrrole nitrogens is 1. The molecule has 1 aromatic heterocycles. The zero-order chi connectivity index (χ0) is 16.4. The molecule has 0 bridgehead atoms. The minimum atomic E-state index is -0.133. The Morgan fingerprint density at radius 2 is 2.17 bits per heavy atom. The number of aromatic nitrogens is 2. The van der Waals surface area contributed by atoms with Gasteiger partial charge in [0.2, 0.25) is 5.91 Å². The summed E-state index contributed by atoms with van der Waals surface area (Å²) in [6.45, 7) is 5.96. The molecule has 0 saturated carbocycles. The lowest BCUT2D eigenvalue weighted by Gasteiger charge is -2.31. The average molecular weight is 333 g/mol. The Kier molecular flexibility index (Phi) is 4.80. The molecule has 1 atom stereocenters. The van der Waals surface area contributed by atoms with Crippen LogP contribution < -0.4 is 4.74 Å². The van der Waals surface area contributed by atoms with Crippen LogP contribution in [0.25, 0.3) is 11.0 Å². The smallest absolute Gasteiger partial charge is 0.235 e. The summed E-state index contributed by atoms with van der Waals surface area (Å²) in [5.41, 5.74) is 1.82. The highest BCUT2D eigenvalue weighted by Crippen LogP contribution is 2.27. The molecule has 3 rings (SSSR count). The van der Waals surface area contributed by atoms with Crippen LogP contribution in [0.5, 0.6) is 5.75 Å². The fourth-order valence-electron chi connectivity index (χ4n) is 2.85. The molecule has 1 aliphatic rings. The number of hydrogen-bond acceptors (Lipinski definition) is 4. The number of amides is 1. The molecule has 1 aromatic carbocycles. The lowest BCUT2D eigenvalue weighted by Crippen LogP contribution is -2.41. The highest BCUT2D eigenvalue weighted by molar-refractivity contribution is 8.00. The van der Waals surface area contributed by atoms with Crippen LogP contribution in [0, 0.1) is 5.92 Å². The van der Waals surface area contributed by atoms with Crippen molar-refractivity contribution in [2.45, 2.75) is 37.1 Å². The van der Waals surface area contributed by atoms with Crippen LogP contribution >= 0.6 is 11.8 Å². The molecule has 1 fully saturated rings. The van der Waals surface area contributed by atoms with E-state index in [0.29, 0.717) is 0 Å². The van der Waals surface area contributed by atoms with Crippen LogP contribution in [-0.2, 0) is 4.79 Å². The van der Waals surface area contributed by atoms with E-state index in [0.717, 1.165) is 53.8 Å². The van der Waals surface area contributed by atoms with Crippen LogP contribution in [0.4, 0.5) is 0 Å². The van der Waals surface area contributed by atoms with Gasteiger partial charge in [0.15, 0.2) is 5.16 Å². The van der Waals surface area contributed by atoms with Crippen LogP contribution in [-0.4, -0.2) is 46.2 Å². The van der Waals surface area contributed by atoms with E-state index in [1.807, 2.05) is 30.0 Å². The normalized spacial score (nSPS) is 17.4. The zero-order valence-corrected chi connectivity index (χ0v) is 14.7. The Balaban J connectivity index is 1.67. The standard InChI is InChI=1S/C17H23N3O2S/c1-11-6-8-20(9-7-11)16(21)12(2)23-17-18-14-5-4-13(22-3)10-15(14)19-17/h4-5,10-12H,6-9H2,1-3H3,(H,18,19)/t12-/m0/s1. The number of benzene rings is 1. The topological polar surface area (TPSA) is 58.2 Å². The number of imidazole rings is 1. The van der Waals surface area contributed by atoms with E-state index in [2.05, 4.69) is 16.9 Å². The lowest BCUT2D eigenvalue weighted by molar-refractivity contribution is -0.131. The number of nitrogens with zero attached hydrogens (tertiary/aromatic N) is 2. The number of likely N-dealkylation sites (tertiary alicyclic amines) is 1. The van der Waals surface area contributed by atoms with Gasteiger partial charge in [-0.3, -0.25) is 4.79 Å². The first-order chi connectivity index (χ1) is 11.1. The number of rotatable bonds is 4. The SMILES string of the molecule is COc1ccc2nc(S[C@@H](C)C(=O)N3CCC(C)CC3)[nH]c2c1. The number of ether oxygens (including phenoxy) is 1. The van der Waals surface area contributed by atoms with Crippen LogP contribution in [0.15, 0.2) is 23.4 Å². The molecule has 0 spiro atoms. The summed E-state index contributed by atoms with van der Waals surface area (Å²) < 4.78 is 5.22. The Hall–Kier alpha value is -1.69. The molecule has 1 saturated heterocycles. The third kappa shape index (κ3) is 3.63. The van der Waals surface area contributed by atoms with Gasteiger partial charge in [-0.15, -0.1) is 0 Å². The number of hydrogen-bond donors (Lipinski definition) is 1. The summed E-state index contributed by atoms with van der Waals surface area (Å²) in [4.78, 5) is 22.4. The van der Waals surface area contributed by atoms with Gasteiger partial charge in [0.05, 0.1) is 23.4 Å². The van der Waals surface area contributed by atoms with Gasteiger partial charge in [0.25, 0.3) is 0 Å². The summed E-state index contributed by atoms with van der Waals surface area (Å²) in [5, 5.41) is 0.644. The molecule has 1 aliphatic heterocycles. The van der Waals surface area contributed by atoms with Gasteiger partial charge >= 0.3 is 0 Å². The number of carbonyl (C=O) groups is 1. The van der Waals surface area contributed by atoms with Gasteiger partial charge in [0.1, 0.15) is 5.75 Å². The Morgan fingerprint density at radius 1 is 1.43 bits per heavy atom. The van der Waals surface area contributed by atoms with Gasteiger partial charge in [-0.2, -0.15) is 0 Å². The largest absolute Gasteiger partial charge is 0.497 e. The van der Waals surface area contributed by atoms with E-state index < -0.39 is 0 Å². The summed E-state index contributed by atoms with van der Waals surface area (Å²) in [5.74, 6) is 1.73. The van der Waals surface area contributed by atoms with Crippen molar-refractivity contribution in [1.82, 2.24) is 14.9 Å². The lowest BCUT2D eigenvalue weighted by atomic mass is 9.99. The minimum Gasteiger partial charge on any atom is -0.497 e. The molecule has 23 heavy (non-hydrogen) atoms. The molecular weight excluding hydrogens is 310 g/mol. The van der Waals surface area contributed by atoms with Gasteiger partial charge in [-0.1, -0.05) is 18.7 Å². The van der Waals surface area contributed by atoms with E-state index >= 15 is 0 Å². The summed E-state index contributed by atoms with van der Waals surface area (Å²) >= 11 is 1.49. The quantitative estimate of drug-likeness (QED) is 0.872. The predicted octanol–water partition coefficient (Wildman–Crippen LogP) is 3.31. The van der Waals surface area contributed by atoms with Gasteiger partial charge < -0.3 is 14.6 Å². The number of thioether (sulfide) groups is 1. The molecule has 0 unspecified atom stereocenters. The molecule has 0 radical (unpaired) electrons. The maximum absolute atomic E-state index is 12.6. The third-order valence-corrected chi connectivity index (χ3v) is 5.37. The second kappa shape index (κ2) is 6.83. The van der Waals surface area contributed by atoms with Gasteiger partial charge in [-0.05, 0) is 37.8 Å². The summed E-state index contributed by atoms with van der Waals surface area (Å²) in [6.07, 6.45) is 2.21. The van der Waals surface area contributed by atoms with Crippen molar-refractivity contribution in [2.24, 2.45) is 5.92 Å². The van der Waals surface area contributed by atoms with Crippen molar-refractivity contribution in [1.29, 1.82) is 0 Å². The second-order valence-electron chi connectivity index (χ2n) is 6.19. The highest BCUT2D eigenvalue weighted by atomic mass is 32.2. The van der Waals surface area contributed by atoms with Crippen LogP contribution in [0.1, 0.15) is 26.7 Å². The molecule has 1 amide bonds. The van der Waals surface area contributed by atoms with Crippen molar-refractivity contribution in [3.05, 3.63) is 18.2 Å². The first kappa shape index (κ1) is 16.2. The summed E-state index contributed by atoms with van der Waals surface area (Å²) in [7, 11) is 1.65. The molecule has 5 nitrogen and oxygen atoms in total. The van der Waals surface area contributed by atoms with E-state index in [4.69, 9.17) is 4.74 Å². The first-order valence-electron chi connectivity index (χ1n) is 8.06. The predicted molar refractivity (Wildman–Crippen MR) is 92.9 cm³/mol. The number of piperidine rings is 1. The molecule has 2 heterocycles. The number of nitrogens with one attached hydrogen (secondary N) is 1. The third-order valence-electron chi connectivity index (χ3n) is 4.40. The van der Waals surface area contributed by atoms with E-state index in [1.165, 1.54) is 11.8 Å². The zero-order valence-electron chi connectivity index (χ0n) is 13.8. The fourth-order valence-corrected chi connectivity index (χ4v) is 3.76. The number of carbonyl (C=O) groups excluding carboxylic acids is 1. The van der Waals surface area contributed by atoms with Crippen LogP contribution in [0.2, 0.25) is 0 Å². The average Bonchev–Trinajstić information content (AvgIpc) is 2.95. The van der Waals surface area contributed by atoms with Crippen molar-refractivity contribution < 1.29 is 9.53 Å². The van der Waals surface area contributed by atoms with Crippen molar-refractivity contribution in [3.63, 3.8) is 0 Å². The maximum Gasteiger partial charge on any atom is 0.235 e. The molecule has 2 aromatic rings. The van der Waals surface area contributed by atoms with E-state index in [1.54, 1.807) is 7.11 Å². The Labute approximate surface area is 140 Å². The fraction of sp³-hybridized carbons (Fsp3) is 0.529. The van der Waals surface area contributed by atoms with Gasteiger partial charge in [0, 0.05) is 19.2 Å². The first-order valence-corrected chi connectivity index (χ1v) is 8.94. The number of aromatic amines is 1. The minimum absolute atomic E-state index is 0.133. The van der Waals surface area contributed by atoms with Crippen molar-refractivity contribution in [2.75, 3.05) is 20.2 Å². The van der Waals surface area contributed by atoms with Gasteiger partial charge in [-0.25, -0.2) is 4.98 Å². The van der Waals surface area contributed by atoms with Crippen LogP contribution in [0.3, 0.4) is 0 Å². The molecule has 0 aliphatic carbocycles. The number of methoxy groups -OCH3 is 1. The monoisotopic (exact) mass is 333 g/mol. The van der Waals surface area contributed by atoms with Crippen molar-refractivity contribution >= 4 is 28.7 Å². The second-order valence-corrected chi connectivity index (χ2v) is 7.52. The molecule has 6 heteroatoms. The van der Waals surface area contributed by atoms with E-state index in [-0.39, 0.29) is 11.2 Å². The summed E-state index contributed by atoms with van der Waals surface area (Å²) in [6, 6.07) is 5.74.